The van der Waals surface area contributed by atoms with Crippen molar-refractivity contribution in [2.45, 2.75) is 6.92 Å². The van der Waals surface area contributed by atoms with E-state index in [9.17, 15) is 4.79 Å². The molecule has 68 valence electrons. The van der Waals surface area contributed by atoms with E-state index in [1.807, 2.05) is 31.2 Å². The van der Waals surface area contributed by atoms with Crippen molar-refractivity contribution in [1.29, 1.82) is 0 Å². The molecule has 0 fully saturated rings. The maximum Gasteiger partial charge on any atom is 0.260 e. The smallest absolute Gasteiger partial charge is 0.260 e. The van der Waals surface area contributed by atoms with Gasteiger partial charge in [-0.05, 0) is 12.5 Å². The Morgan fingerprint density at radius 1 is 1.46 bits per heavy atom. The Morgan fingerprint density at radius 2 is 2.08 bits per heavy atom. The topological polar surface area (TPSA) is 29.4 Å². The average molecular weight is 196 g/mol. The van der Waals surface area contributed by atoms with Crippen LogP contribution in [0.5, 0.6) is 0 Å². The molecule has 0 heterocycles. The van der Waals surface area contributed by atoms with Crippen LogP contribution in [0.15, 0.2) is 29.3 Å². The lowest BCUT2D eigenvalue weighted by Gasteiger charge is -1.92. The number of nitrogens with zero attached hydrogens (tertiary/aromatic N) is 1. The van der Waals surface area contributed by atoms with Crippen molar-refractivity contribution in [3.63, 3.8) is 0 Å². The molecule has 0 atom stereocenters. The Hall–Kier alpha value is -1.15. The Labute approximate surface area is 82.3 Å². The van der Waals surface area contributed by atoms with Gasteiger partial charge in [0.15, 0.2) is 0 Å². The minimum Gasteiger partial charge on any atom is -0.271 e. The molecule has 1 aromatic carbocycles. The molecule has 13 heavy (non-hydrogen) atoms. The molecule has 0 saturated heterocycles. The van der Waals surface area contributed by atoms with Gasteiger partial charge in [0.1, 0.15) is 5.88 Å². The lowest BCUT2D eigenvalue weighted by molar-refractivity contribution is -0.115. The van der Waals surface area contributed by atoms with E-state index in [0.29, 0.717) is 0 Å². The number of benzene rings is 1. The van der Waals surface area contributed by atoms with Crippen molar-refractivity contribution in [2.24, 2.45) is 4.99 Å². The van der Waals surface area contributed by atoms with E-state index in [2.05, 4.69) is 4.99 Å². The van der Waals surface area contributed by atoms with Crippen LogP contribution in [0.1, 0.15) is 11.1 Å². The molecule has 0 N–H and O–H groups in total. The number of aliphatic imine (C=N–C) groups is 1. The van der Waals surface area contributed by atoms with E-state index in [1.165, 1.54) is 11.8 Å². The SMILES string of the molecule is Cc1ccc(C=NC(=O)CCl)cc1. The summed E-state index contributed by atoms with van der Waals surface area (Å²) in [6.07, 6.45) is 1.52. The third-order valence-corrected chi connectivity index (χ3v) is 1.78. The van der Waals surface area contributed by atoms with E-state index in [0.717, 1.165) is 5.56 Å². The molecule has 0 saturated carbocycles. The van der Waals surface area contributed by atoms with Gasteiger partial charge in [0.05, 0.1) is 0 Å². The number of alkyl halides is 1. The molecule has 0 unspecified atom stereocenters. The number of hydrogen-bond acceptors (Lipinski definition) is 1. The largest absolute Gasteiger partial charge is 0.271 e. The van der Waals surface area contributed by atoms with Crippen LogP contribution >= 0.6 is 11.6 Å². The molecule has 0 spiro atoms. The molecule has 1 rings (SSSR count). The summed E-state index contributed by atoms with van der Waals surface area (Å²) >= 11 is 5.28. The zero-order valence-electron chi connectivity index (χ0n) is 7.33. The molecule has 0 aromatic heterocycles. The first-order chi connectivity index (χ1) is 6.22. The van der Waals surface area contributed by atoms with Crippen LogP contribution in [0, 0.1) is 6.92 Å². The van der Waals surface area contributed by atoms with Crippen molar-refractivity contribution in [3.8, 4) is 0 Å². The van der Waals surface area contributed by atoms with Gasteiger partial charge >= 0.3 is 0 Å². The molecular weight excluding hydrogens is 186 g/mol. The second-order valence-electron chi connectivity index (χ2n) is 2.70. The molecule has 0 aliphatic rings. The van der Waals surface area contributed by atoms with Crippen LogP contribution in [0.2, 0.25) is 0 Å². The minimum atomic E-state index is -0.317. The van der Waals surface area contributed by atoms with Crippen molar-refractivity contribution in [3.05, 3.63) is 35.4 Å². The molecule has 1 aromatic rings. The first kappa shape index (κ1) is 9.93. The van der Waals surface area contributed by atoms with Crippen LogP contribution in [-0.2, 0) is 4.79 Å². The lowest BCUT2D eigenvalue weighted by atomic mass is 10.2. The number of carbonyl (C=O) groups excluding carboxylic acids is 1. The molecule has 0 aliphatic heterocycles. The summed E-state index contributed by atoms with van der Waals surface area (Å²) in [5, 5.41) is 0. The number of carbonyl (C=O) groups is 1. The van der Waals surface area contributed by atoms with Gasteiger partial charge < -0.3 is 0 Å². The van der Waals surface area contributed by atoms with Crippen molar-refractivity contribution in [2.75, 3.05) is 5.88 Å². The number of halogens is 1. The Bertz CT molecular complexity index is 316. The van der Waals surface area contributed by atoms with Crippen LogP contribution in [0.4, 0.5) is 0 Å². The Morgan fingerprint density at radius 3 is 2.62 bits per heavy atom. The number of aryl methyl sites for hydroxylation is 1. The summed E-state index contributed by atoms with van der Waals surface area (Å²) in [5.74, 6) is -0.384. The summed E-state index contributed by atoms with van der Waals surface area (Å²) in [7, 11) is 0. The van der Waals surface area contributed by atoms with Gasteiger partial charge in [-0.25, -0.2) is 4.99 Å². The van der Waals surface area contributed by atoms with Gasteiger partial charge in [-0.1, -0.05) is 29.8 Å². The quantitative estimate of drug-likeness (QED) is 0.526. The van der Waals surface area contributed by atoms with E-state index >= 15 is 0 Å². The maximum atomic E-state index is 10.7. The Balaban J connectivity index is 2.69. The van der Waals surface area contributed by atoms with E-state index < -0.39 is 0 Å². The molecule has 0 bridgehead atoms. The van der Waals surface area contributed by atoms with Crippen LogP contribution in [0.25, 0.3) is 0 Å². The van der Waals surface area contributed by atoms with Gasteiger partial charge in [-0.15, -0.1) is 11.6 Å². The van der Waals surface area contributed by atoms with Crippen LogP contribution < -0.4 is 0 Å². The number of amides is 1. The maximum absolute atomic E-state index is 10.7. The summed E-state index contributed by atoms with van der Waals surface area (Å²) in [6, 6.07) is 7.74. The fourth-order valence-corrected chi connectivity index (χ4v) is 0.903. The predicted octanol–water partition coefficient (Wildman–Crippen LogP) is 2.18. The van der Waals surface area contributed by atoms with Gasteiger partial charge in [0.2, 0.25) is 0 Å². The normalized spacial score (nSPS) is 10.6. The standard InChI is InChI=1S/C10H10ClNO/c1-8-2-4-9(5-3-8)7-12-10(13)6-11/h2-5,7H,6H2,1H3. The van der Waals surface area contributed by atoms with E-state index in [-0.39, 0.29) is 11.8 Å². The van der Waals surface area contributed by atoms with Gasteiger partial charge in [0.25, 0.3) is 5.91 Å². The molecular formula is C10H10ClNO. The van der Waals surface area contributed by atoms with Gasteiger partial charge in [-0.3, -0.25) is 4.79 Å². The average Bonchev–Trinajstić information content (AvgIpc) is 2.16. The van der Waals surface area contributed by atoms with Crippen LogP contribution in [-0.4, -0.2) is 18.0 Å². The highest BCUT2D eigenvalue weighted by Crippen LogP contribution is 2.00. The molecule has 0 aliphatic carbocycles. The monoisotopic (exact) mass is 195 g/mol. The number of rotatable bonds is 2. The Kier molecular flexibility index (Phi) is 3.65. The first-order valence-corrected chi connectivity index (χ1v) is 4.45. The predicted molar refractivity (Wildman–Crippen MR) is 54.5 cm³/mol. The highest BCUT2D eigenvalue weighted by molar-refractivity contribution is 6.27. The van der Waals surface area contributed by atoms with Crippen LogP contribution in [0.3, 0.4) is 0 Å². The summed E-state index contributed by atoms with van der Waals surface area (Å²) in [4.78, 5) is 14.4. The highest BCUT2D eigenvalue weighted by Gasteiger charge is 1.92. The third-order valence-electron chi connectivity index (χ3n) is 1.55. The van der Waals surface area contributed by atoms with E-state index in [4.69, 9.17) is 11.6 Å². The highest BCUT2D eigenvalue weighted by atomic mass is 35.5. The summed E-state index contributed by atoms with van der Waals surface area (Å²) in [6.45, 7) is 2.00. The molecule has 1 amide bonds. The summed E-state index contributed by atoms with van der Waals surface area (Å²) in [5.41, 5.74) is 2.09. The molecule has 0 radical (unpaired) electrons. The van der Waals surface area contributed by atoms with Gasteiger partial charge in [0, 0.05) is 6.21 Å². The fraction of sp³-hybridized carbons (Fsp3) is 0.200. The summed E-state index contributed by atoms with van der Waals surface area (Å²) < 4.78 is 0. The fourth-order valence-electron chi connectivity index (χ4n) is 0.834. The second-order valence-corrected chi connectivity index (χ2v) is 2.96. The zero-order valence-corrected chi connectivity index (χ0v) is 8.08. The van der Waals surface area contributed by atoms with E-state index in [1.54, 1.807) is 0 Å². The van der Waals surface area contributed by atoms with Crippen molar-refractivity contribution < 1.29 is 4.79 Å². The first-order valence-electron chi connectivity index (χ1n) is 3.92. The third kappa shape index (κ3) is 3.38. The lowest BCUT2D eigenvalue weighted by Crippen LogP contribution is -1.94. The minimum absolute atomic E-state index is 0.0671. The number of hydrogen-bond donors (Lipinski definition) is 0. The van der Waals surface area contributed by atoms with Crippen molar-refractivity contribution in [1.82, 2.24) is 0 Å². The van der Waals surface area contributed by atoms with Crippen molar-refractivity contribution >= 4 is 23.7 Å². The molecule has 2 nitrogen and oxygen atoms in total. The second kappa shape index (κ2) is 4.77. The molecule has 3 heteroatoms. The zero-order chi connectivity index (χ0) is 9.68. The van der Waals surface area contributed by atoms with Gasteiger partial charge in [-0.2, -0.15) is 0 Å².